The standard InChI is InChI=1S/C18H10N2OS/c21-18-17-15(16-12(20-18)6-3-9-19-16)14-11-5-2-1-4-10(11)7-8-13(14)22-17/h1-9H,(H,20,21). The lowest BCUT2D eigenvalue weighted by Gasteiger charge is -2.02. The molecule has 0 radical (unpaired) electrons. The second-order valence-electron chi connectivity index (χ2n) is 5.32. The van der Waals surface area contributed by atoms with Crippen LogP contribution >= 0.6 is 11.3 Å². The predicted molar refractivity (Wildman–Crippen MR) is 92.8 cm³/mol. The fourth-order valence-electron chi connectivity index (χ4n) is 3.14. The highest BCUT2D eigenvalue weighted by atomic mass is 32.1. The number of hydrogen-bond acceptors (Lipinski definition) is 3. The van der Waals surface area contributed by atoms with Crippen molar-refractivity contribution in [1.29, 1.82) is 0 Å². The molecular weight excluding hydrogens is 292 g/mol. The molecule has 0 aliphatic carbocycles. The van der Waals surface area contributed by atoms with Gasteiger partial charge in [-0.3, -0.25) is 9.78 Å². The van der Waals surface area contributed by atoms with Crippen LogP contribution in [-0.2, 0) is 0 Å². The maximum absolute atomic E-state index is 12.4. The summed E-state index contributed by atoms with van der Waals surface area (Å²) in [6.07, 6.45) is 1.77. The van der Waals surface area contributed by atoms with Gasteiger partial charge in [0.2, 0.25) is 0 Å². The van der Waals surface area contributed by atoms with Crippen LogP contribution in [0.3, 0.4) is 0 Å². The highest BCUT2D eigenvalue weighted by Crippen LogP contribution is 2.39. The monoisotopic (exact) mass is 302 g/mol. The first kappa shape index (κ1) is 11.9. The molecule has 104 valence electrons. The summed E-state index contributed by atoms with van der Waals surface area (Å²) in [5.74, 6) is 0. The highest BCUT2D eigenvalue weighted by molar-refractivity contribution is 7.26. The summed E-state index contributed by atoms with van der Waals surface area (Å²) in [6, 6.07) is 16.2. The van der Waals surface area contributed by atoms with E-state index < -0.39 is 0 Å². The number of fused-ring (bicyclic) bond motifs is 7. The van der Waals surface area contributed by atoms with Gasteiger partial charge in [-0.25, -0.2) is 0 Å². The molecule has 4 heteroatoms. The van der Waals surface area contributed by atoms with Crippen molar-refractivity contribution in [3.05, 3.63) is 65.1 Å². The number of pyridine rings is 2. The zero-order valence-corrected chi connectivity index (χ0v) is 12.3. The van der Waals surface area contributed by atoms with Crippen LogP contribution in [0, 0.1) is 0 Å². The topological polar surface area (TPSA) is 45.8 Å². The van der Waals surface area contributed by atoms with Gasteiger partial charge in [0.1, 0.15) is 4.70 Å². The first-order chi connectivity index (χ1) is 10.8. The largest absolute Gasteiger partial charge is 0.319 e. The third kappa shape index (κ3) is 1.45. The number of aromatic amines is 1. The van der Waals surface area contributed by atoms with E-state index in [-0.39, 0.29) is 5.56 Å². The zero-order chi connectivity index (χ0) is 14.7. The number of hydrogen-bond donors (Lipinski definition) is 1. The van der Waals surface area contributed by atoms with Crippen LogP contribution in [0.25, 0.3) is 42.0 Å². The molecule has 0 spiro atoms. The van der Waals surface area contributed by atoms with Crippen LogP contribution in [0.5, 0.6) is 0 Å². The van der Waals surface area contributed by atoms with Crippen LogP contribution in [0.1, 0.15) is 0 Å². The molecule has 2 aromatic carbocycles. The van der Waals surface area contributed by atoms with Crippen molar-refractivity contribution >= 4 is 53.3 Å². The van der Waals surface area contributed by atoms with Gasteiger partial charge in [-0.2, -0.15) is 0 Å². The first-order valence-corrected chi connectivity index (χ1v) is 7.85. The van der Waals surface area contributed by atoms with Crippen LogP contribution in [0.4, 0.5) is 0 Å². The molecular formula is C18H10N2OS. The molecule has 0 aliphatic heterocycles. The summed E-state index contributed by atoms with van der Waals surface area (Å²) >= 11 is 1.53. The molecule has 3 aromatic heterocycles. The van der Waals surface area contributed by atoms with E-state index in [1.807, 2.05) is 24.3 Å². The number of aromatic nitrogens is 2. The van der Waals surface area contributed by atoms with Gasteiger partial charge >= 0.3 is 0 Å². The summed E-state index contributed by atoms with van der Waals surface area (Å²) in [7, 11) is 0. The first-order valence-electron chi connectivity index (χ1n) is 7.04. The Bertz CT molecular complexity index is 1250. The van der Waals surface area contributed by atoms with Crippen molar-refractivity contribution in [2.24, 2.45) is 0 Å². The van der Waals surface area contributed by atoms with Crippen molar-refractivity contribution < 1.29 is 0 Å². The second-order valence-corrected chi connectivity index (χ2v) is 6.37. The minimum Gasteiger partial charge on any atom is -0.319 e. The lowest BCUT2D eigenvalue weighted by Crippen LogP contribution is -2.04. The van der Waals surface area contributed by atoms with E-state index in [4.69, 9.17) is 0 Å². The van der Waals surface area contributed by atoms with Gasteiger partial charge in [0.25, 0.3) is 5.56 Å². The molecule has 5 aromatic rings. The number of nitrogens with zero attached hydrogens (tertiary/aromatic N) is 1. The number of H-pyrrole nitrogens is 1. The van der Waals surface area contributed by atoms with Crippen LogP contribution < -0.4 is 5.56 Å². The molecule has 3 nitrogen and oxygen atoms in total. The quantitative estimate of drug-likeness (QED) is 0.459. The summed E-state index contributed by atoms with van der Waals surface area (Å²) < 4.78 is 1.87. The number of nitrogens with one attached hydrogen (secondary N) is 1. The molecule has 0 unspecified atom stereocenters. The van der Waals surface area contributed by atoms with E-state index in [0.717, 1.165) is 31.2 Å². The minimum atomic E-state index is -0.0409. The Balaban J connectivity index is 2.22. The van der Waals surface area contributed by atoms with Crippen LogP contribution in [0.15, 0.2) is 59.5 Å². The Morgan fingerprint density at radius 1 is 0.955 bits per heavy atom. The van der Waals surface area contributed by atoms with Crippen LogP contribution in [-0.4, -0.2) is 9.97 Å². The maximum atomic E-state index is 12.4. The van der Waals surface area contributed by atoms with E-state index in [1.54, 1.807) is 6.20 Å². The Morgan fingerprint density at radius 3 is 2.82 bits per heavy atom. The molecule has 3 heterocycles. The van der Waals surface area contributed by atoms with E-state index in [0.29, 0.717) is 0 Å². The summed E-state index contributed by atoms with van der Waals surface area (Å²) in [4.78, 5) is 19.9. The van der Waals surface area contributed by atoms with Crippen LogP contribution in [0.2, 0.25) is 0 Å². The van der Waals surface area contributed by atoms with Gasteiger partial charge in [-0.1, -0.05) is 30.3 Å². The second kappa shape index (κ2) is 4.15. The Morgan fingerprint density at radius 2 is 1.86 bits per heavy atom. The van der Waals surface area contributed by atoms with Crippen molar-refractivity contribution in [1.82, 2.24) is 9.97 Å². The van der Waals surface area contributed by atoms with E-state index in [2.05, 4.69) is 34.2 Å². The third-order valence-electron chi connectivity index (χ3n) is 4.08. The zero-order valence-electron chi connectivity index (χ0n) is 11.5. The normalized spacial score (nSPS) is 11.8. The fraction of sp³-hybridized carbons (Fsp3) is 0. The number of thiophene rings is 1. The molecule has 0 amide bonds. The molecule has 0 aliphatic rings. The maximum Gasteiger partial charge on any atom is 0.266 e. The number of benzene rings is 2. The summed E-state index contributed by atoms with van der Waals surface area (Å²) in [6.45, 7) is 0. The molecule has 0 saturated carbocycles. The molecule has 22 heavy (non-hydrogen) atoms. The lowest BCUT2D eigenvalue weighted by molar-refractivity contribution is 1.32. The SMILES string of the molecule is O=c1[nH]c2cccnc2c2c1sc1ccc3ccccc3c12. The Hall–Kier alpha value is -2.72. The van der Waals surface area contributed by atoms with Gasteiger partial charge in [-0.05, 0) is 29.0 Å². The van der Waals surface area contributed by atoms with E-state index >= 15 is 0 Å². The molecule has 0 saturated heterocycles. The molecule has 0 bridgehead atoms. The van der Waals surface area contributed by atoms with Gasteiger partial charge in [0.15, 0.2) is 0 Å². The third-order valence-corrected chi connectivity index (χ3v) is 5.23. The van der Waals surface area contributed by atoms with Gasteiger partial charge in [-0.15, -0.1) is 11.3 Å². The number of rotatable bonds is 0. The summed E-state index contributed by atoms with van der Waals surface area (Å²) in [5, 5.41) is 4.45. The Labute approximate surface area is 128 Å². The average molecular weight is 302 g/mol. The van der Waals surface area contributed by atoms with E-state index in [1.165, 1.54) is 22.1 Å². The Kier molecular flexibility index (Phi) is 2.24. The molecule has 0 fully saturated rings. The van der Waals surface area contributed by atoms with Crippen molar-refractivity contribution in [3.8, 4) is 0 Å². The van der Waals surface area contributed by atoms with Gasteiger partial charge in [0.05, 0.1) is 11.0 Å². The van der Waals surface area contributed by atoms with Crippen molar-refractivity contribution in [2.75, 3.05) is 0 Å². The fourth-order valence-corrected chi connectivity index (χ4v) is 4.25. The highest BCUT2D eigenvalue weighted by Gasteiger charge is 2.15. The molecule has 5 rings (SSSR count). The van der Waals surface area contributed by atoms with Crippen molar-refractivity contribution in [3.63, 3.8) is 0 Å². The van der Waals surface area contributed by atoms with Gasteiger partial charge in [0, 0.05) is 21.7 Å². The minimum absolute atomic E-state index is 0.0409. The lowest BCUT2D eigenvalue weighted by atomic mass is 10.0. The van der Waals surface area contributed by atoms with E-state index in [9.17, 15) is 4.79 Å². The smallest absolute Gasteiger partial charge is 0.266 e. The molecule has 1 N–H and O–H groups in total. The molecule has 0 atom stereocenters. The summed E-state index contributed by atoms with van der Waals surface area (Å²) in [5.41, 5.74) is 1.60. The average Bonchev–Trinajstić information content (AvgIpc) is 2.96. The van der Waals surface area contributed by atoms with Crippen molar-refractivity contribution in [2.45, 2.75) is 0 Å². The van der Waals surface area contributed by atoms with Gasteiger partial charge < -0.3 is 4.98 Å². The predicted octanol–water partition coefficient (Wildman–Crippen LogP) is 4.44.